The highest BCUT2D eigenvalue weighted by Crippen LogP contribution is 2.40. The second-order valence-corrected chi connectivity index (χ2v) is 8.60. The summed E-state index contributed by atoms with van der Waals surface area (Å²) in [7, 11) is 0. The SMILES string of the molecule is Cc1ccc2c(c1)c1ccccc1n2-c1ccccc1-c1cccc(C#N)c1-c1ccccc1. The molecule has 0 spiro atoms. The summed E-state index contributed by atoms with van der Waals surface area (Å²) < 4.78 is 2.35. The highest BCUT2D eigenvalue weighted by atomic mass is 15.0. The molecule has 5 aromatic carbocycles. The van der Waals surface area contributed by atoms with E-state index in [9.17, 15) is 5.26 Å². The number of aryl methyl sites for hydroxylation is 1. The first-order valence-electron chi connectivity index (χ1n) is 11.4. The highest BCUT2D eigenvalue weighted by molar-refractivity contribution is 6.10. The molecule has 0 N–H and O–H groups in total. The van der Waals surface area contributed by atoms with E-state index in [1.54, 1.807) is 0 Å². The summed E-state index contributed by atoms with van der Waals surface area (Å²) in [6.45, 7) is 2.14. The van der Waals surface area contributed by atoms with E-state index < -0.39 is 0 Å². The standard InChI is InChI=1S/C32H22N2/c1-22-18-19-31-28(20-22)26-14-6-8-17-30(26)34(31)29-16-7-5-13-25(29)27-15-9-12-24(21-33)32(27)23-10-3-2-4-11-23/h2-20H,1H3. The molecule has 0 aliphatic rings. The number of benzene rings is 5. The lowest BCUT2D eigenvalue weighted by Gasteiger charge is -2.17. The highest BCUT2D eigenvalue weighted by Gasteiger charge is 2.18. The molecule has 0 aliphatic heterocycles. The summed E-state index contributed by atoms with van der Waals surface area (Å²) >= 11 is 0. The number of nitrogens with zero attached hydrogens (tertiary/aromatic N) is 2. The van der Waals surface area contributed by atoms with Gasteiger partial charge in [0.05, 0.1) is 28.4 Å². The van der Waals surface area contributed by atoms with Crippen LogP contribution in [0.1, 0.15) is 11.1 Å². The van der Waals surface area contributed by atoms with Gasteiger partial charge in [-0.2, -0.15) is 5.26 Å². The minimum atomic E-state index is 0.677. The molecule has 34 heavy (non-hydrogen) atoms. The van der Waals surface area contributed by atoms with Gasteiger partial charge in [0, 0.05) is 21.9 Å². The van der Waals surface area contributed by atoms with Gasteiger partial charge in [0.25, 0.3) is 0 Å². The van der Waals surface area contributed by atoms with Gasteiger partial charge in [-0.3, -0.25) is 0 Å². The van der Waals surface area contributed by atoms with Crippen molar-refractivity contribution in [2.24, 2.45) is 0 Å². The first-order chi connectivity index (χ1) is 16.8. The van der Waals surface area contributed by atoms with Crippen molar-refractivity contribution in [2.45, 2.75) is 6.92 Å². The molecule has 6 rings (SSSR count). The topological polar surface area (TPSA) is 28.7 Å². The molecule has 0 atom stereocenters. The van der Waals surface area contributed by atoms with Crippen LogP contribution in [0.5, 0.6) is 0 Å². The van der Waals surface area contributed by atoms with E-state index in [4.69, 9.17) is 0 Å². The quantitative estimate of drug-likeness (QED) is 0.275. The maximum Gasteiger partial charge on any atom is 0.0998 e. The van der Waals surface area contributed by atoms with Crippen LogP contribution in [-0.4, -0.2) is 4.57 Å². The smallest absolute Gasteiger partial charge is 0.0998 e. The van der Waals surface area contributed by atoms with Crippen LogP contribution in [0.4, 0.5) is 0 Å². The van der Waals surface area contributed by atoms with E-state index in [2.05, 4.69) is 102 Å². The third kappa shape index (κ3) is 3.10. The molecule has 0 amide bonds. The number of hydrogen-bond donors (Lipinski definition) is 0. The van der Waals surface area contributed by atoms with E-state index in [0.29, 0.717) is 5.56 Å². The van der Waals surface area contributed by atoms with Gasteiger partial charge in [0.15, 0.2) is 0 Å². The van der Waals surface area contributed by atoms with E-state index in [-0.39, 0.29) is 0 Å². The minimum Gasteiger partial charge on any atom is -0.309 e. The van der Waals surface area contributed by atoms with Crippen LogP contribution >= 0.6 is 0 Å². The Morgan fingerprint density at radius 1 is 0.618 bits per heavy atom. The van der Waals surface area contributed by atoms with Gasteiger partial charge in [-0.05, 0) is 48.4 Å². The van der Waals surface area contributed by atoms with Gasteiger partial charge in [0.1, 0.15) is 0 Å². The Morgan fingerprint density at radius 2 is 1.32 bits per heavy atom. The van der Waals surface area contributed by atoms with Crippen LogP contribution in [0.15, 0.2) is 115 Å². The lowest BCUT2D eigenvalue weighted by molar-refractivity contribution is 1.18. The molecular weight excluding hydrogens is 412 g/mol. The number of aromatic nitrogens is 1. The van der Waals surface area contributed by atoms with Crippen LogP contribution in [0.3, 0.4) is 0 Å². The Balaban J connectivity index is 1.71. The normalized spacial score (nSPS) is 11.1. The van der Waals surface area contributed by atoms with E-state index in [0.717, 1.165) is 27.9 Å². The van der Waals surface area contributed by atoms with Crippen molar-refractivity contribution in [3.8, 4) is 34.0 Å². The molecule has 0 fully saturated rings. The Morgan fingerprint density at radius 3 is 2.18 bits per heavy atom. The molecule has 6 aromatic rings. The molecular formula is C32H22N2. The lowest BCUT2D eigenvalue weighted by Crippen LogP contribution is -1.99. The van der Waals surface area contributed by atoms with Crippen molar-refractivity contribution in [1.82, 2.24) is 4.57 Å². The van der Waals surface area contributed by atoms with Gasteiger partial charge in [0.2, 0.25) is 0 Å². The van der Waals surface area contributed by atoms with Gasteiger partial charge in [-0.1, -0.05) is 90.5 Å². The van der Waals surface area contributed by atoms with Gasteiger partial charge >= 0.3 is 0 Å². The molecule has 2 nitrogen and oxygen atoms in total. The number of para-hydroxylation sites is 2. The Bertz CT molecular complexity index is 1720. The zero-order valence-corrected chi connectivity index (χ0v) is 18.9. The molecule has 2 heteroatoms. The third-order valence-corrected chi connectivity index (χ3v) is 6.51. The molecule has 0 unspecified atom stereocenters. The largest absolute Gasteiger partial charge is 0.309 e. The Kier molecular flexibility index (Phi) is 4.75. The molecule has 0 radical (unpaired) electrons. The fourth-order valence-corrected chi connectivity index (χ4v) is 5.03. The van der Waals surface area contributed by atoms with Crippen molar-refractivity contribution in [3.63, 3.8) is 0 Å². The summed E-state index contributed by atoms with van der Waals surface area (Å²) in [4.78, 5) is 0. The van der Waals surface area contributed by atoms with E-state index in [1.165, 1.54) is 27.4 Å². The van der Waals surface area contributed by atoms with Crippen LogP contribution in [0, 0.1) is 18.3 Å². The first-order valence-corrected chi connectivity index (χ1v) is 11.4. The fourth-order valence-electron chi connectivity index (χ4n) is 5.03. The second-order valence-electron chi connectivity index (χ2n) is 8.60. The molecule has 0 aliphatic carbocycles. The zero-order chi connectivity index (χ0) is 23.1. The van der Waals surface area contributed by atoms with Crippen molar-refractivity contribution >= 4 is 21.8 Å². The van der Waals surface area contributed by atoms with Crippen LogP contribution in [0.2, 0.25) is 0 Å². The monoisotopic (exact) mass is 434 g/mol. The average Bonchev–Trinajstić information content (AvgIpc) is 3.22. The third-order valence-electron chi connectivity index (χ3n) is 6.51. The summed E-state index contributed by atoms with van der Waals surface area (Å²) in [5, 5.41) is 12.4. The maximum absolute atomic E-state index is 9.96. The summed E-state index contributed by atoms with van der Waals surface area (Å²) in [6, 6.07) is 42.4. The van der Waals surface area contributed by atoms with Crippen molar-refractivity contribution in [2.75, 3.05) is 0 Å². The first kappa shape index (κ1) is 20.0. The number of fused-ring (bicyclic) bond motifs is 3. The predicted molar refractivity (Wildman–Crippen MR) is 141 cm³/mol. The molecule has 160 valence electrons. The van der Waals surface area contributed by atoms with Crippen molar-refractivity contribution in [3.05, 3.63) is 126 Å². The average molecular weight is 435 g/mol. The molecule has 0 saturated carbocycles. The Hall–Kier alpha value is -4.61. The van der Waals surface area contributed by atoms with E-state index in [1.807, 2.05) is 30.3 Å². The van der Waals surface area contributed by atoms with Crippen LogP contribution < -0.4 is 0 Å². The maximum atomic E-state index is 9.96. The molecule has 0 saturated heterocycles. The molecule has 1 heterocycles. The summed E-state index contributed by atoms with van der Waals surface area (Å²) in [5.41, 5.74) is 9.54. The fraction of sp³-hybridized carbons (Fsp3) is 0.0312. The predicted octanol–water partition coefficient (Wildman–Crippen LogP) is 8.30. The molecule has 0 bridgehead atoms. The van der Waals surface area contributed by atoms with Crippen molar-refractivity contribution in [1.29, 1.82) is 5.26 Å². The van der Waals surface area contributed by atoms with Crippen LogP contribution in [0.25, 0.3) is 49.7 Å². The van der Waals surface area contributed by atoms with Crippen LogP contribution in [-0.2, 0) is 0 Å². The van der Waals surface area contributed by atoms with Gasteiger partial charge in [-0.15, -0.1) is 0 Å². The summed E-state index contributed by atoms with van der Waals surface area (Å²) in [5.74, 6) is 0. The second kappa shape index (κ2) is 8.06. The number of rotatable bonds is 3. The van der Waals surface area contributed by atoms with Gasteiger partial charge in [-0.25, -0.2) is 0 Å². The lowest BCUT2D eigenvalue weighted by atomic mass is 9.90. The van der Waals surface area contributed by atoms with Gasteiger partial charge < -0.3 is 4.57 Å². The number of nitriles is 1. The van der Waals surface area contributed by atoms with E-state index >= 15 is 0 Å². The van der Waals surface area contributed by atoms with Crippen molar-refractivity contribution < 1.29 is 0 Å². The number of hydrogen-bond acceptors (Lipinski definition) is 1. The molecule has 1 aromatic heterocycles. The minimum absolute atomic E-state index is 0.677. The zero-order valence-electron chi connectivity index (χ0n) is 18.9. The Labute approximate surface area is 199 Å². The summed E-state index contributed by atoms with van der Waals surface area (Å²) in [6.07, 6.45) is 0.